The average Bonchev–Trinajstić information content (AvgIpc) is 2.38. The van der Waals surface area contributed by atoms with Crippen molar-refractivity contribution in [3.8, 4) is 0 Å². The smallest absolute Gasteiger partial charge is 0.323 e. The maximum atomic E-state index is 13.8. The van der Waals surface area contributed by atoms with Crippen LogP contribution in [0.15, 0.2) is 22.7 Å². The zero-order valence-corrected chi connectivity index (χ0v) is 12.2. The van der Waals surface area contributed by atoms with Crippen LogP contribution in [-0.2, 0) is 9.53 Å². The molecule has 0 aliphatic carbocycles. The maximum Gasteiger partial charge on any atom is 0.323 e. The summed E-state index contributed by atoms with van der Waals surface area (Å²) in [4.78, 5) is 11.5. The predicted molar refractivity (Wildman–Crippen MR) is 73.1 cm³/mol. The number of thioether (sulfide) groups is 1. The van der Waals surface area contributed by atoms with Crippen molar-refractivity contribution >= 4 is 33.7 Å². The Hall–Kier alpha value is -0.590. The van der Waals surface area contributed by atoms with Crippen LogP contribution >= 0.6 is 27.7 Å². The molecule has 3 nitrogen and oxygen atoms in total. The number of halogens is 2. The third-order valence-electron chi connectivity index (χ3n) is 2.80. The Balaban J connectivity index is 2.15. The second kappa shape index (κ2) is 6.04. The van der Waals surface area contributed by atoms with Crippen molar-refractivity contribution in [1.82, 2.24) is 5.32 Å². The van der Waals surface area contributed by atoms with Crippen LogP contribution in [-0.4, -0.2) is 30.6 Å². The molecule has 1 fully saturated rings. The van der Waals surface area contributed by atoms with Gasteiger partial charge in [0.15, 0.2) is 0 Å². The van der Waals surface area contributed by atoms with Crippen LogP contribution in [0.25, 0.3) is 0 Å². The number of carbonyl (C=O) groups is 1. The molecule has 98 valence electrons. The van der Waals surface area contributed by atoms with Crippen LogP contribution in [0.2, 0.25) is 0 Å². The highest BCUT2D eigenvalue weighted by molar-refractivity contribution is 9.10. The van der Waals surface area contributed by atoms with Crippen molar-refractivity contribution in [2.45, 2.75) is 12.1 Å². The van der Waals surface area contributed by atoms with Gasteiger partial charge >= 0.3 is 5.97 Å². The molecular weight excluding hydrogens is 321 g/mol. The predicted octanol–water partition coefficient (Wildman–Crippen LogP) is 2.51. The van der Waals surface area contributed by atoms with E-state index >= 15 is 0 Å². The Kier molecular flexibility index (Phi) is 4.64. The average molecular weight is 334 g/mol. The molecule has 1 aromatic carbocycles. The van der Waals surface area contributed by atoms with E-state index in [0.29, 0.717) is 15.8 Å². The zero-order chi connectivity index (χ0) is 13.1. The van der Waals surface area contributed by atoms with E-state index in [4.69, 9.17) is 4.74 Å². The number of rotatable bonds is 2. The van der Waals surface area contributed by atoms with Crippen LogP contribution < -0.4 is 5.32 Å². The van der Waals surface area contributed by atoms with Crippen LogP contribution in [0.1, 0.15) is 11.6 Å². The molecule has 0 saturated carbocycles. The quantitative estimate of drug-likeness (QED) is 0.844. The van der Waals surface area contributed by atoms with E-state index in [1.807, 2.05) is 0 Å². The summed E-state index contributed by atoms with van der Waals surface area (Å²) in [6, 6.07) is 4.43. The molecule has 1 saturated heterocycles. The summed E-state index contributed by atoms with van der Waals surface area (Å²) in [5.41, 5.74) is 0.583. The lowest BCUT2D eigenvalue weighted by Crippen LogP contribution is -2.46. The lowest BCUT2D eigenvalue weighted by molar-refractivity contribution is -0.142. The third kappa shape index (κ3) is 3.05. The lowest BCUT2D eigenvalue weighted by Gasteiger charge is -2.29. The summed E-state index contributed by atoms with van der Waals surface area (Å²) in [6.45, 7) is 0. The highest BCUT2D eigenvalue weighted by atomic mass is 79.9. The van der Waals surface area contributed by atoms with Gasteiger partial charge in [-0.1, -0.05) is 22.0 Å². The first-order valence-electron chi connectivity index (χ1n) is 5.48. The van der Waals surface area contributed by atoms with Crippen molar-refractivity contribution in [3.05, 3.63) is 34.1 Å². The van der Waals surface area contributed by atoms with E-state index in [0.717, 1.165) is 5.75 Å². The topological polar surface area (TPSA) is 38.3 Å². The molecule has 0 spiro atoms. The van der Waals surface area contributed by atoms with Gasteiger partial charge in [0.05, 0.1) is 7.11 Å². The number of nitrogens with one attached hydrogen (secondary N) is 1. The Morgan fingerprint density at radius 3 is 3.00 bits per heavy atom. The molecule has 0 bridgehead atoms. The van der Waals surface area contributed by atoms with Crippen molar-refractivity contribution < 1.29 is 13.9 Å². The maximum absolute atomic E-state index is 13.8. The highest BCUT2D eigenvalue weighted by Crippen LogP contribution is 2.28. The largest absolute Gasteiger partial charge is 0.468 e. The number of benzene rings is 1. The van der Waals surface area contributed by atoms with Gasteiger partial charge in [-0.15, -0.1) is 0 Å². The van der Waals surface area contributed by atoms with Gasteiger partial charge in [0.25, 0.3) is 0 Å². The summed E-state index contributed by atoms with van der Waals surface area (Å²) in [5, 5.41) is 3.13. The minimum absolute atomic E-state index is 0.166. The molecule has 1 aliphatic rings. The molecule has 0 amide bonds. The van der Waals surface area contributed by atoms with Gasteiger partial charge in [-0.25, -0.2) is 4.39 Å². The molecule has 1 aliphatic heterocycles. The zero-order valence-electron chi connectivity index (χ0n) is 9.78. The number of hydrogen-bond acceptors (Lipinski definition) is 4. The van der Waals surface area contributed by atoms with Crippen molar-refractivity contribution in [2.75, 3.05) is 18.6 Å². The highest BCUT2D eigenvalue weighted by Gasteiger charge is 2.29. The number of ether oxygens (including phenoxy) is 1. The molecule has 0 radical (unpaired) electrons. The standard InChI is InChI=1S/C12H13BrFNO2S/c1-17-12(16)11-6-18-5-10(15-11)8-3-2-7(13)4-9(8)14/h2-4,10-11,15H,5-6H2,1H3. The van der Waals surface area contributed by atoms with Gasteiger partial charge < -0.3 is 4.74 Å². The van der Waals surface area contributed by atoms with E-state index in [-0.39, 0.29) is 23.9 Å². The van der Waals surface area contributed by atoms with Crippen molar-refractivity contribution in [1.29, 1.82) is 0 Å². The summed E-state index contributed by atoms with van der Waals surface area (Å²) in [6.07, 6.45) is 0. The molecule has 2 atom stereocenters. The fourth-order valence-corrected chi connectivity index (χ4v) is 3.33. The van der Waals surface area contributed by atoms with E-state index in [1.54, 1.807) is 23.9 Å². The van der Waals surface area contributed by atoms with Gasteiger partial charge in [0.2, 0.25) is 0 Å². The first kappa shape index (κ1) is 13.8. The second-order valence-corrected chi connectivity index (χ2v) is 5.99. The number of esters is 1. The minimum Gasteiger partial charge on any atom is -0.468 e. The Morgan fingerprint density at radius 2 is 2.33 bits per heavy atom. The molecule has 18 heavy (non-hydrogen) atoms. The van der Waals surface area contributed by atoms with Crippen LogP contribution in [0, 0.1) is 5.82 Å². The van der Waals surface area contributed by atoms with Gasteiger partial charge in [-0.05, 0) is 12.1 Å². The number of hydrogen-bond donors (Lipinski definition) is 1. The summed E-state index contributed by atoms with van der Waals surface area (Å²) in [7, 11) is 1.36. The van der Waals surface area contributed by atoms with E-state index in [2.05, 4.69) is 21.2 Å². The Labute approximate surface area is 118 Å². The minimum atomic E-state index is -0.373. The molecular formula is C12H13BrFNO2S. The Morgan fingerprint density at radius 1 is 1.56 bits per heavy atom. The van der Waals surface area contributed by atoms with Gasteiger partial charge in [-0.2, -0.15) is 11.8 Å². The molecule has 0 aromatic heterocycles. The molecule has 2 rings (SSSR count). The third-order valence-corrected chi connectivity index (χ3v) is 4.43. The summed E-state index contributed by atoms with van der Waals surface area (Å²) in [5.74, 6) is 0.825. The molecule has 1 heterocycles. The first-order chi connectivity index (χ1) is 8.61. The fourth-order valence-electron chi connectivity index (χ4n) is 1.88. The summed E-state index contributed by atoms with van der Waals surface area (Å²) < 4.78 is 19.3. The molecule has 6 heteroatoms. The monoisotopic (exact) mass is 333 g/mol. The molecule has 2 unspecified atom stereocenters. The first-order valence-corrected chi connectivity index (χ1v) is 7.43. The Bertz CT molecular complexity index is 458. The van der Waals surface area contributed by atoms with Crippen molar-refractivity contribution in [2.24, 2.45) is 0 Å². The van der Waals surface area contributed by atoms with Gasteiger partial charge in [0, 0.05) is 27.6 Å². The summed E-state index contributed by atoms with van der Waals surface area (Å²) >= 11 is 4.85. The normalized spacial score (nSPS) is 23.7. The van der Waals surface area contributed by atoms with Gasteiger partial charge in [0.1, 0.15) is 11.9 Å². The van der Waals surface area contributed by atoms with E-state index in [1.165, 1.54) is 13.2 Å². The lowest BCUT2D eigenvalue weighted by atomic mass is 10.1. The number of carbonyl (C=O) groups excluding carboxylic acids is 1. The van der Waals surface area contributed by atoms with Crippen LogP contribution in [0.3, 0.4) is 0 Å². The fraction of sp³-hybridized carbons (Fsp3) is 0.417. The van der Waals surface area contributed by atoms with Crippen LogP contribution in [0.5, 0.6) is 0 Å². The van der Waals surface area contributed by atoms with Crippen LogP contribution in [0.4, 0.5) is 4.39 Å². The van der Waals surface area contributed by atoms with E-state index in [9.17, 15) is 9.18 Å². The van der Waals surface area contributed by atoms with Crippen molar-refractivity contribution in [3.63, 3.8) is 0 Å². The number of methoxy groups -OCH3 is 1. The second-order valence-electron chi connectivity index (χ2n) is 4.00. The molecule has 1 N–H and O–H groups in total. The SMILES string of the molecule is COC(=O)C1CSCC(c2ccc(Br)cc2F)N1. The van der Waals surface area contributed by atoms with E-state index < -0.39 is 0 Å². The molecule has 1 aromatic rings. The van der Waals surface area contributed by atoms with Gasteiger partial charge in [-0.3, -0.25) is 10.1 Å².